The lowest BCUT2D eigenvalue weighted by Crippen LogP contribution is -2.13. The highest BCUT2D eigenvalue weighted by Gasteiger charge is 2.10. The van der Waals surface area contributed by atoms with Crippen molar-refractivity contribution in [1.82, 2.24) is 0 Å². The van der Waals surface area contributed by atoms with Crippen LogP contribution in [0.25, 0.3) is 0 Å². The molecule has 0 bridgehead atoms. The fraction of sp³-hybridized carbons (Fsp3) is 0.125. The number of aryl methyl sites for hydroxylation is 1. The highest BCUT2D eigenvalue weighted by atomic mass is 35.5. The van der Waals surface area contributed by atoms with E-state index < -0.39 is 5.97 Å². The standard InChI is InChI=1S/C16H14ClNO3/c1-10-9-12(16(20)21-2)5-8-14(10)18-15(19)11-3-6-13(17)7-4-11/h3-9H,1-2H3,(H,18,19). The van der Waals surface area contributed by atoms with Gasteiger partial charge in [0.2, 0.25) is 0 Å². The van der Waals surface area contributed by atoms with E-state index in [0.29, 0.717) is 21.8 Å². The van der Waals surface area contributed by atoms with Crippen molar-refractivity contribution in [3.63, 3.8) is 0 Å². The maximum Gasteiger partial charge on any atom is 0.337 e. The van der Waals surface area contributed by atoms with Gasteiger partial charge in [-0.15, -0.1) is 0 Å². The Morgan fingerprint density at radius 1 is 1.05 bits per heavy atom. The molecule has 0 radical (unpaired) electrons. The second-order valence-corrected chi connectivity index (χ2v) is 4.92. The maximum atomic E-state index is 12.1. The van der Waals surface area contributed by atoms with Gasteiger partial charge in [0, 0.05) is 16.3 Å². The van der Waals surface area contributed by atoms with Crippen LogP contribution in [0, 0.1) is 6.92 Å². The zero-order valence-corrected chi connectivity index (χ0v) is 12.4. The molecule has 0 aliphatic heterocycles. The summed E-state index contributed by atoms with van der Waals surface area (Å²) in [6.07, 6.45) is 0. The van der Waals surface area contributed by atoms with E-state index >= 15 is 0 Å². The van der Waals surface area contributed by atoms with Gasteiger partial charge >= 0.3 is 5.97 Å². The Morgan fingerprint density at radius 2 is 1.67 bits per heavy atom. The zero-order valence-electron chi connectivity index (χ0n) is 11.6. The third kappa shape index (κ3) is 3.61. The first-order chi connectivity index (χ1) is 10.0. The van der Waals surface area contributed by atoms with E-state index in [1.165, 1.54) is 7.11 Å². The first-order valence-corrected chi connectivity index (χ1v) is 6.65. The molecule has 0 saturated carbocycles. The molecule has 0 heterocycles. The van der Waals surface area contributed by atoms with Gasteiger partial charge in [0.25, 0.3) is 5.91 Å². The van der Waals surface area contributed by atoms with Crippen LogP contribution >= 0.6 is 11.6 Å². The van der Waals surface area contributed by atoms with Gasteiger partial charge in [-0.05, 0) is 55.0 Å². The average molecular weight is 304 g/mol. The van der Waals surface area contributed by atoms with Gasteiger partial charge in [0.1, 0.15) is 0 Å². The molecule has 5 heteroatoms. The van der Waals surface area contributed by atoms with Crippen molar-refractivity contribution < 1.29 is 14.3 Å². The quantitative estimate of drug-likeness (QED) is 0.880. The second-order valence-electron chi connectivity index (χ2n) is 4.48. The topological polar surface area (TPSA) is 55.4 Å². The zero-order chi connectivity index (χ0) is 15.4. The van der Waals surface area contributed by atoms with Gasteiger partial charge in [-0.3, -0.25) is 4.79 Å². The summed E-state index contributed by atoms with van der Waals surface area (Å²) in [5.74, 6) is -0.644. The van der Waals surface area contributed by atoms with E-state index in [4.69, 9.17) is 11.6 Å². The third-order valence-corrected chi connectivity index (χ3v) is 3.25. The Bertz CT molecular complexity index is 680. The van der Waals surface area contributed by atoms with E-state index in [1.54, 1.807) is 42.5 Å². The van der Waals surface area contributed by atoms with Crippen LogP contribution in [0.2, 0.25) is 5.02 Å². The predicted molar refractivity (Wildman–Crippen MR) is 81.9 cm³/mol. The minimum atomic E-state index is -0.409. The van der Waals surface area contributed by atoms with Crippen LogP contribution in [-0.4, -0.2) is 19.0 Å². The molecule has 2 aromatic rings. The summed E-state index contributed by atoms with van der Waals surface area (Å²) in [4.78, 5) is 23.5. The number of anilines is 1. The third-order valence-electron chi connectivity index (χ3n) is 3.00. The largest absolute Gasteiger partial charge is 0.465 e. The van der Waals surface area contributed by atoms with Crippen LogP contribution in [0.4, 0.5) is 5.69 Å². The lowest BCUT2D eigenvalue weighted by atomic mass is 10.1. The summed E-state index contributed by atoms with van der Waals surface area (Å²) in [6.45, 7) is 1.81. The molecule has 1 N–H and O–H groups in total. The smallest absolute Gasteiger partial charge is 0.337 e. The summed E-state index contributed by atoms with van der Waals surface area (Å²) in [6, 6.07) is 11.6. The molecule has 0 saturated heterocycles. The van der Waals surface area contributed by atoms with Crippen molar-refractivity contribution in [3.8, 4) is 0 Å². The first kappa shape index (κ1) is 15.1. The van der Waals surface area contributed by atoms with Crippen molar-refractivity contribution in [3.05, 3.63) is 64.2 Å². The van der Waals surface area contributed by atoms with Gasteiger partial charge in [-0.25, -0.2) is 4.79 Å². The van der Waals surface area contributed by atoms with Gasteiger partial charge in [0.15, 0.2) is 0 Å². The highest BCUT2D eigenvalue weighted by Crippen LogP contribution is 2.18. The number of esters is 1. The Morgan fingerprint density at radius 3 is 2.24 bits per heavy atom. The molecule has 1 amide bonds. The summed E-state index contributed by atoms with van der Waals surface area (Å²) in [7, 11) is 1.33. The van der Waals surface area contributed by atoms with Crippen LogP contribution in [0.15, 0.2) is 42.5 Å². The minimum absolute atomic E-state index is 0.236. The number of hydrogen-bond acceptors (Lipinski definition) is 3. The Hall–Kier alpha value is -2.33. The van der Waals surface area contributed by atoms with E-state index in [-0.39, 0.29) is 5.91 Å². The van der Waals surface area contributed by atoms with Gasteiger partial charge < -0.3 is 10.1 Å². The molecular weight excluding hydrogens is 290 g/mol. The molecule has 0 atom stereocenters. The van der Waals surface area contributed by atoms with Gasteiger partial charge in [-0.1, -0.05) is 11.6 Å². The van der Waals surface area contributed by atoms with Gasteiger partial charge in [0.05, 0.1) is 12.7 Å². The van der Waals surface area contributed by atoms with E-state index in [2.05, 4.69) is 10.1 Å². The number of nitrogens with one attached hydrogen (secondary N) is 1. The predicted octanol–water partition coefficient (Wildman–Crippen LogP) is 3.69. The molecular formula is C16H14ClNO3. The number of ether oxygens (including phenoxy) is 1. The molecule has 0 unspecified atom stereocenters. The molecule has 2 rings (SSSR count). The summed E-state index contributed by atoms with van der Waals surface area (Å²) < 4.78 is 4.65. The first-order valence-electron chi connectivity index (χ1n) is 6.27. The maximum absolute atomic E-state index is 12.1. The Balaban J connectivity index is 2.18. The number of hydrogen-bond donors (Lipinski definition) is 1. The Labute approximate surface area is 127 Å². The van der Waals surface area contributed by atoms with Crippen molar-refractivity contribution in [2.75, 3.05) is 12.4 Å². The number of carbonyl (C=O) groups is 2. The summed E-state index contributed by atoms with van der Waals surface area (Å²) in [5, 5.41) is 3.37. The lowest BCUT2D eigenvalue weighted by Gasteiger charge is -2.10. The SMILES string of the molecule is COC(=O)c1ccc(NC(=O)c2ccc(Cl)cc2)c(C)c1. The van der Waals surface area contributed by atoms with Gasteiger partial charge in [-0.2, -0.15) is 0 Å². The normalized spacial score (nSPS) is 10.0. The monoisotopic (exact) mass is 303 g/mol. The van der Waals surface area contributed by atoms with E-state index in [0.717, 1.165) is 5.56 Å². The number of rotatable bonds is 3. The molecule has 4 nitrogen and oxygen atoms in total. The highest BCUT2D eigenvalue weighted by molar-refractivity contribution is 6.30. The number of carbonyl (C=O) groups excluding carboxylic acids is 2. The molecule has 0 fully saturated rings. The van der Waals surface area contributed by atoms with Crippen LogP contribution in [0.3, 0.4) is 0 Å². The Kier molecular flexibility index (Phi) is 4.60. The van der Waals surface area contributed by atoms with Crippen LogP contribution in [-0.2, 0) is 4.74 Å². The fourth-order valence-corrected chi connectivity index (χ4v) is 1.97. The number of amides is 1. The van der Waals surface area contributed by atoms with Crippen molar-refractivity contribution >= 4 is 29.2 Å². The lowest BCUT2D eigenvalue weighted by molar-refractivity contribution is 0.0600. The van der Waals surface area contributed by atoms with E-state index in [9.17, 15) is 9.59 Å². The second kappa shape index (κ2) is 6.41. The molecule has 0 spiro atoms. The minimum Gasteiger partial charge on any atom is -0.465 e. The van der Waals surface area contributed by atoms with E-state index in [1.807, 2.05) is 6.92 Å². The molecule has 21 heavy (non-hydrogen) atoms. The number of halogens is 1. The van der Waals surface area contributed by atoms with Crippen LogP contribution < -0.4 is 5.32 Å². The molecule has 108 valence electrons. The van der Waals surface area contributed by atoms with Crippen LogP contribution in [0.1, 0.15) is 26.3 Å². The molecule has 2 aromatic carbocycles. The number of benzene rings is 2. The average Bonchev–Trinajstić information content (AvgIpc) is 2.49. The molecule has 0 aliphatic carbocycles. The van der Waals surface area contributed by atoms with Crippen molar-refractivity contribution in [2.45, 2.75) is 6.92 Å². The fourth-order valence-electron chi connectivity index (χ4n) is 1.84. The summed E-state index contributed by atoms with van der Waals surface area (Å²) >= 11 is 5.79. The van der Waals surface area contributed by atoms with Crippen LogP contribution in [0.5, 0.6) is 0 Å². The molecule has 0 aromatic heterocycles. The molecule has 0 aliphatic rings. The summed E-state index contributed by atoms with van der Waals surface area (Å²) in [5.41, 5.74) is 2.37. The van der Waals surface area contributed by atoms with Crippen molar-refractivity contribution in [2.24, 2.45) is 0 Å². The van der Waals surface area contributed by atoms with Crippen molar-refractivity contribution in [1.29, 1.82) is 0 Å². The number of methoxy groups -OCH3 is 1.